The lowest BCUT2D eigenvalue weighted by Gasteiger charge is -2.31. The smallest absolute Gasteiger partial charge is 0.171 e. The highest BCUT2D eigenvalue weighted by molar-refractivity contribution is 5.76. The Morgan fingerprint density at radius 1 is 1.03 bits per heavy atom. The van der Waals surface area contributed by atoms with Crippen LogP contribution in [0, 0.1) is 17.6 Å². The van der Waals surface area contributed by atoms with E-state index in [1.54, 1.807) is 13.0 Å². The van der Waals surface area contributed by atoms with E-state index in [0.717, 1.165) is 6.42 Å². The standard InChI is InChI=1S/C23H22F4O2/c1-3-12-5-9-16(29-11-12)15-7-6-13-14-8-10-17(28-4-2)21(25)19(14)23(27)22(26)18(13)20(15)24/h3,6-8,10,12,16,22-23H,1,4-5,9,11H2,2H3. The molecular weight excluding hydrogens is 384 g/mol. The van der Waals surface area contributed by atoms with Crippen molar-refractivity contribution in [1.82, 2.24) is 0 Å². The molecule has 2 aromatic carbocycles. The van der Waals surface area contributed by atoms with Gasteiger partial charge in [0.2, 0.25) is 0 Å². The summed E-state index contributed by atoms with van der Waals surface area (Å²) in [7, 11) is 0. The number of alkyl halides is 2. The Balaban J connectivity index is 1.78. The molecule has 1 saturated heterocycles. The van der Waals surface area contributed by atoms with E-state index >= 15 is 4.39 Å². The summed E-state index contributed by atoms with van der Waals surface area (Å²) >= 11 is 0. The summed E-state index contributed by atoms with van der Waals surface area (Å²) in [5.74, 6) is -1.71. The number of halogens is 4. The average Bonchev–Trinajstić information content (AvgIpc) is 2.73. The molecule has 6 heteroatoms. The molecule has 0 radical (unpaired) electrons. The third-order valence-electron chi connectivity index (χ3n) is 5.74. The van der Waals surface area contributed by atoms with E-state index in [-0.39, 0.29) is 40.5 Å². The van der Waals surface area contributed by atoms with E-state index in [1.165, 1.54) is 24.3 Å². The van der Waals surface area contributed by atoms with Gasteiger partial charge in [0, 0.05) is 22.6 Å². The molecule has 1 heterocycles. The Morgan fingerprint density at radius 2 is 1.69 bits per heavy atom. The van der Waals surface area contributed by atoms with Crippen molar-refractivity contribution in [3.63, 3.8) is 0 Å². The largest absolute Gasteiger partial charge is 0.491 e. The van der Waals surface area contributed by atoms with Crippen molar-refractivity contribution in [3.8, 4) is 16.9 Å². The van der Waals surface area contributed by atoms with Gasteiger partial charge in [0.25, 0.3) is 0 Å². The first-order valence-electron chi connectivity index (χ1n) is 9.78. The lowest BCUT2D eigenvalue weighted by Crippen LogP contribution is -2.22. The van der Waals surface area contributed by atoms with E-state index in [2.05, 4.69) is 6.58 Å². The van der Waals surface area contributed by atoms with E-state index in [0.29, 0.717) is 13.0 Å². The quantitative estimate of drug-likeness (QED) is 0.415. The third-order valence-corrected chi connectivity index (χ3v) is 5.74. The van der Waals surface area contributed by atoms with Crippen LogP contribution in [0.15, 0.2) is 36.9 Å². The van der Waals surface area contributed by atoms with E-state index < -0.39 is 35.6 Å². The number of ether oxygens (including phenoxy) is 2. The van der Waals surface area contributed by atoms with Gasteiger partial charge in [-0.05, 0) is 37.0 Å². The molecule has 4 unspecified atom stereocenters. The number of rotatable bonds is 4. The lowest BCUT2D eigenvalue weighted by atomic mass is 9.80. The normalized spacial score (nSPS) is 25.8. The van der Waals surface area contributed by atoms with Gasteiger partial charge in [-0.25, -0.2) is 17.6 Å². The topological polar surface area (TPSA) is 18.5 Å². The van der Waals surface area contributed by atoms with Crippen LogP contribution in [0.3, 0.4) is 0 Å². The number of fused-ring (bicyclic) bond motifs is 3. The highest BCUT2D eigenvalue weighted by atomic mass is 19.2. The molecule has 0 amide bonds. The first-order valence-corrected chi connectivity index (χ1v) is 9.78. The molecule has 1 aliphatic heterocycles. The molecule has 0 bridgehead atoms. The highest BCUT2D eigenvalue weighted by Gasteiger charge is 2.40. The first-order chi connectivity index (χ1) is 14.0. The molecule has 4 atom stereocenters. The van der Waals surface area contributed by atoms with Crippen LogP contribution in [0.25, 0.3) is 11.1 Å². The zero-order valence-corrected chi connectivity index (χ0v) is 16.1. The van der Waals surface area contributed by atoms with Gasteiger partial charge in [-0.3, -0.25) is 0 Å². The fourth-order valence-electron chi connectivity index (χ4n) is 4.20. The van der Waals surface area contributed by atoms with Crippen LogP contribution in [0.2, 0.25) is 0 Å². The summed E-state index contributed by atoms with van der Waals surface area (Å²) < 4.78 is 70.8. The second kappa shape index (κ2) is 7.82. The van der Waals surface area contributed by atoms with Gasteiger partial charge in [-0.2, -0.15) is 0 Å². The highest BCUT2D eigenvalue weighted by Crippen LogP contribution is 2.52. The molecule has 4 rings (SSSR count). The molecule has 0 spiro atoms. The molecule has 0 N–H and O–H groups in total. The summed E-state index contributed by atoms with van der Waals surface area (Å²) in [6.07, 6.45) is -2.02. The average molecular weight is 406 g/mol. The van der Waals surface area contributed by atoms with Gasteiger partial charge in [-0.1, -0.05) is 24.3 Å². The van der Waals surface area contributed by atoms with E-state index in [4.69, 9.17) is 9.47 Å². The molecule has 1 fully saturated rings. The van der Waals surface area contributed by atoms with Crippen LogP contribution in [-0.4, -0.2) is 13.2 Å². The van der Waals surface area contributed by atoms with Gasteiger partial charge in [0.15, 0.2) is 23.9 Å². The SMILES string of the molecule is C=CC1CCC(c2ccc3c(c2F)C(F)C(F)c2c-3ccc(OCC)c2F)OC1. The van der Waals surface area contributed by atoms with Gasteiger partial charge in [0.1, 0.15) is 5.82 Å². The minimum Gasteiger partial charge on any atom is -0.491 e. The fourth-order valence-corrected chi connectivity index (χ4v) is 4.20. The van der Waals surface area contributed by atoms with Crippen molar-refractivity contribution in [3.05, 3.63) is 65.2 Å². The number of benzene rings is 2. The van der Waals surface area contributed by atoms with Gasteiger partial charge in [0.05, 0.1) is 19.3 Å². The van der Waals surface area contributed by atoms with Gasteiger partial charge in [-0.15, -0.1) is 6.58 Å². The van der Waals surface area contributed by atoms with Crippen molar-refractivity contribution >= 4 is 0 Å². The van der Waals surface area contributed by atoms with Gasteiger partial charge >= 0.3 is 0 Å². The molecule has 29 heavy (non-hydrogen) atoms. The molecular formula is C23H22F4O2. The summed E-state index contributed by atoms with van der Waals surface area (Å²) in [5.41, 5.74) is -0.296. The molecule has 0 saturated carbocycles. The van der Waals surface area contributed by atoms with E-state index in [1.807, 2.05) is 0 Å². The first kappa shape index (κ1) is 20.0. The lowest BCUT2D eigenvalue weighted by molar-refractivity contribution is -0.00728. The summed E-state index contributed by atoms with van der Waals surface area (Å²) in [5, 5.41) is 0. The monoisotopic (exact) mass is 406 g/mol. The maximum atomic E-state index is 15.3. The fraction of sp³-hybridized carbons (Fsp3) is 0.391. The molecule has 2 aliphatic rings. The number of hydrogen-bond donors (Lipinski definition) is 0. The second-order valence-electron chi connectivity index (χ2n) is 7.40. The number of hydrogen-bond acceptors (Lipinski definition) is 2. The zero-order chi connectivity index (χ0) is 20.7. The molecule has 154 valence electrons. The Morgan fingerprint density at radius 3 is 2.28 bits per heavy atom. The molecule has 2 nitrogen and oxygen atoms in total. The third kappa shape index (κ3) is 3.23. The molecule has 1 aliphatic carbocycles. The zero-order valence-electron chi connectivity index (χ0n) is 16.1. The summed E-state index contributed by atoms with van der Waals surface area (Å²) in [6, 6.07) is 5.86. The van der Waals surface area contributed by atoms with Crippen LogP contribution in [0.4, 0.5) is 17.6 Å². The minimum absolute atomic E-state index is 0.143. The van der Waals surface area contributed by atoms with Crippen LogP contribution in [-0.2, 0) is 4.74 Å². The van der Waals surface area contributed by atoms with Crippen LogP contribution < -0.4 is 4.74 Å². The van der Waals surface area contributed by atoms with E-state index in [9.17, 15) is 13.2 Å². The van der Waals surface area contributed by atoms with Crippen molar-refractivity contribution in [2.24, 2.45) is 5.92 Å². The Hall–Kier alpha value is -2.34. The summed E-state index contributed by atoms with van der Waals surface area (Å²) in [6.45, 7) is 6.00. The maximum absolute atomic E-state index is 15.3. The minimum atomic E-state index is -2.32. The predicted octanol–water partition coefficient (Wildman–Crippen LogP) is 6.72. The van der Waals surface area contributed by atoms with Gasteiger partial charge < -0.3 is 9.47 Å². The van der Waals surface area contributed by atoms with Crippen LogP contribution in [0.1, 0.15) is 54.9 Å². The molecule has 0 aromatic heterocycles. The van der Waals surface area contributed by atoms with Crippen molar-refractivity contribution in [1.29, 1.82) is 0 Å². The second-order valence-corrected chi connectivity index (χ2v) is 7.40. The van der Waals surface area contributed by atoms with Crippen LogP contribution >= 0.6 is 0 Å². The van der Waals surface area contributed by atoms with Crippen molar-refractivity contribution in [2.75, 3.05) is 13.2 Å². The predicted molar refractivity (Wildman–Crippen MR) is 102 cm³/mol. The Bertz CT molecular complexity index is 935. The van der Waals surface area contributed by atoms with Crippen molar-refractivity contribution < 1.29 is 27.0 Å². The Kier molecular flexibility index (Phi) is 5.38. The van der Waals surface area contributed by atoms with Crippen molar-refractivity contribution in [2.45, 2.75) is 38.2 Å². The maximum Gasteiger partial charge on any atom is 0.171 e. The van der Waals surface area contributed by atoms with Crippen LogP contribution in [0.5, 0.6) is 5.75 Å². The summed E-state index contributed by atoms with van der Waals surface area (Å²) in [4.78, 5) is 0. The molecule has 2 aromatic rings. The Labute approximate surface area is 167 Å².